The van der Waals surface area contributed by atoms with Gasteiger partial charge in [-0.15, -0.1) is 0 Å². The van der Waals surface area contributed by atoms with E-state index in [9.17, 15) is 0 Å². The van der Waals surface area contributed by atoms with E-state index in [1.54, 1.807) is 0 Å². The summed E-state index contributed by atoms with van der Waals surface area (Å²) < 4.78 is 0. The molecule has 2 aliphatic heterocycles. The third kappa shape index (κ3) is 1.30. The van der Waals surface area contributed by atoms with Gasteiger partial charge in [0.25, 0.3) is 0 Å². The predicted molar refractivity (Wildman–Crippen MR) is 70.4 cm³/mol. The van der Waals surface area contributed by atoms with Crippen LogP contribution in [0.4, 0.5) is 5.69 Å². The maximum Gasteiger partial charge on any atom is 0.0723 e. The molecular formula is C15H16N2. The van der Waals surface area contributed by atoms with Crippen molar-refractivity contribution in [3.05, 3.63) is 36.0 Å². The Balaban J connectivity index is 1.96. The predicted octanol–water partition coefficient (Wildman–Crippen LogP) is 3.15. The lowest BCUT2D eigenvalue weighted by Crippen LogP contribution is -2.36. The second-order valence-corrected chi connectivity index (χ2v) is 5.20. The van der Waals surface area contributed by atoms with Crippen LogP contribution in [-0.4, -0.2) is 17.6 Å². The first-order chi connectivity index (χ1) is 8.43. The quantitative estimate of drug-likeness (QED) is 0.683. The monoisotopic (exact) mass is 224 g/mol. The molecule has 3 heterocycles. The Kier molecular flexibility index (Phi) is 1.92. The fourth-order valence-electron chi connectivity index (χ4n) is 3.42. The van der Waals surface area contributed by atoms with Gasteiger partial charge in [0, 0.05) is 24.2 Å². The van der Waals surface area contributed by atoms with Crippen LogP contribution in [0.1, 0.15) is 24.8 Å². The van der Waals surface area contributed by atoms with Crippen molar-refractivity contribution in [2.45, 2.75) is 31.7 Å². The minimum Gasteiger partial charge on any atom is -0.367 e. The first kappa shape index (κ1) is 9.46. The maximum atomic E-state index is 4.58. The molecule has 0 bridgehead atoms. The average molecular weight is 224 g/mol. The van der Waals surface area contributed by atoms with E-state index in [4.69, 9.17) is 0 Å². The van der Waals surface area contributed by atoms with Crippen LogP contribution in [0.15, 0.2) is 30.5 Å². The highest BCUT2D eigenvalue weighted by atomic mass is 15.2. The third-order valence-corrected chi connectivity index (χ3v) is 4.19. The fraction of sp³-hybridized carbons (Fsp3) is 0.400. The second kappa shape index (κ2) is 3.46. The zero-order chi connectivity index (χ0) is 11.2. The standard InChI is InChI=1S/C15H16N2/c1-2-7-14-13(6-1)15-11(10-16-14)9-12-5-3-4-8-17(12)15/h1-2,6-7,10,12H,3-5,8-9H2. The van der Waals surface area contributed by atoms with E-state index in [1.165, 1.54) is 48.9 Å². The van der Waals surface area contributed by atoms with Crippen LogP contribution < -0.4 is 4.90 Å². The van der Waals surface area contributed by atoms with Crippen LogP contribution in [0, 0.1) is 0 Å². The van der Waals surface area contributed by atoms with Gasteiger partial charge in [-0.3, -0.25) is 4.98 Å². The number of hydrogen-bond acceptors (Lipinski definition) is 2. The summed E-state index contributed by atoms with van der Waals surface area (Å²) >= 11 is 0. The van der Waals surface area contributed by atoms with E-state index in [0.29, 0.717) is 0 Å². The van der Waals surface area contributed by atoms with Crippen LogP contribution in [-0.2, 0) is 6.42 Å². The van der Waals surface area contributed by atoms with Crippen molar-refractivity contribution in [3.63, 3.8) is 0 Å². The molecule has 86 valence electrons. The summed E-state index contributed by atoms with van der Waals surface area (Å²) in [6.45, 7) is 1.23. The van der Waals surface area contributed by atoms with Gasteiger partial charge in [-0.2, -0.15) is 0 Å². The molecule has 0 amide bonds. The molecule has 0 radical (unpaired) electrons. The molecule has 2 aromatic rings. The molecule has 1 unspecified atom stereocenters. The fourth-order valence-corrected chi connectivity index (χ4v) is 3.42. The van der Waals surface area contributed by atoms with Gasteiger partial charge >= 0.3 is 0 Å². The molecule has 0 aliphatic carbocycles. The topological polar surface area (TPSA) is 16.1 Å². The van der Waals surface area contributed by atoms with E-state index in [0.717, 1.165) is 11.6 Å². The molecule has 1 saturated heterocycles. The van der Waals surface area contributed by atoms with Crippen molar-refractivity contribution in [1.82, 2.24) is 4.98 Å². The van der Waals surface area contributed by atoms with E-state index in [2.05, 4.69) is 40.3 Å². The largest absolute Gasteiger partial charge is 0.367 e. The van der Waals surface area contributed by atoms with Gasteiger partial charge in [0.2, 0.25) is 0 Å². The summed E-state index contributed by atoms with van der Waals surface area (Å²) in [6, 6.07) is 9.28. The Morgan fingerprint density at radius 3 is 3.12 bits per heavy atom. The Hall–Kier alpha value is -1.57. The molecule has 17 heavy (non-hydrogen) atoms. The average Bonchev–Trinajstić information content (AvgIpc) is 2.77. The number of aromatic nitrogens is 1. The number of nitrogens with zero attached hydrogens (tertiary/aromatic N) is 2. The maximum absolute atomic E-state index is 4.58. The molecule has 1 fully saturated rings. The Morgan fingerprint density at radius 2 is 2.12 bits per heavy atom. The molecule has 1 aromatic carbocycles. The van der Waals surface area contributed by atoms with Gasteiger partial charge in [-0.05, 0) is 37.3 Å². The van der Waals surface area contributed by atoms with Crippen LogP contribution in [0.25, 0.3) is 10.9 Å². The molecule has 0 N–H and O–H groups in total. The lowest BCUT2D eigenvalue weighted by molar-refractivity contribution is 0.479. The highest BCUT2D eigenvalue weighted by molar-refractivity contribution is 5.94. The van der Waals surface area contributed by atoms with E-state index < -0.39 is 0 Å². The Morgan fingerprint density at radius 1 is 1.18 bits per heavy atom. The highest BCUT2D eigenvalue weighted by Crippen LogP contribution is 2.40. The number of pyridine rings is 1. The van der Waals surface area contributed by atoms with E-state index in [-0.39, 0.29) is 0 Å². The zero-order valence-electron chi connectivity index (χ0n) is 9.89. The first-order valence-corrected chi connectivity index (χ1v) is 6.57. The van der Waals surface area contributed by atoms with Crippen molar-refractivity contribution in [2.24, 2.45) is 0 Å². The summed E-state index contributed by atoms with van der Waals surface area (Å²) in [7, 11) is 0. The smallest absolute Gasteiger partial charge is 0.0723 e. The molecule has 0 saturated carbocycles. The molecule has 2 heteroatoms. The van der Waals surface area contributed by atoms with Gasteiger partial charge in [-0.25, -0.2) is 0 Å². The van der Waals surface area contributed by atoms with Gasteiger partial charge in [0.05, 0.1) is 11.2 Å². The Labute approximate surface area is 101 Å². The van der Waals surface area contributed by atoms with Crippen LogP contribution in [0.2, 0.25) is 0 Å². The van der Waals surface area contributed by atoms with Crippen molar-refractivity contribution in [1.29, 1.82) is 0 Å². The SMILES string of the molecule is c1ccc2c3c(cnc2c1)CC1CCCCN31. The summed E-state index contributed by atoms with van der Waals surface area (Å²) in [5, 5.41) is 1.34. The Bertz CT molecular complexity index is 576. The van der Waals surface area contributed by atoms with Crippen LogP contribution in [0.5, 0.6) is 0 Å². The lowest BCUT2D eigenvalue weighted by atomic mass is 10.0. The van der Waals surface area contributed by atoms with Crippen LogP contribution in [0.3, 0.4) is 0 Å². The number of rotatable bonds is 0. The minimum absolute atomic E-state index is 0.742. The molecule has 0 spiro atoms. The van der Waals surface area contributed by atoms with E-state index >= 15 is 0 Å². The zero-order valence-corrected chi connectivity index (χ0v) is 9.89. The lowest BCUT2D eigenvalue weighted by Gasteiger charge is -2.32. The minimum atomic E-state index is 0.742. The summed E-state index contributed by atoms with van der Waals surface area (Å²) in [6.07, 6.45) is 7.37. The number of para-hydroxylation sites is 1. The van der Waals surface area contributed by atoms with Gasteiger partial charge < -0.3 is 4.90 Å². The summed E-state index contributed by atoms with van der Waals surface area (Å²) in [5.74, 6) is 0. The first-order valence-electron chi connectivity index (χ1n) is 6.57. The normalized spacial score (nSPS) is 22.6. The second-order valence-electron chi connectivity index (χ2n) is 5.20. The van der Waals surface area contributed by atoms with Gasteiger partial charge in [0.1, 0.15) is 0 Å². The molecule has 1 atom stereocenters. The number of piperidine rings is 1. The van der Waals surface area contributed by atoms with Crippen molar-refractivity contribution in [3.8, 4) is 0 Å². The highest BCUT2D eigenvalue weighted by Gasteiger charge is 2.32. The van der Waals surface area contributed by atoms with Crippen molar-refractivity contribution < 1.29 is 0 Å². The van der Waals surface area contributed by atoms with Crippen LogP contribution >= 0.6 is 0 Å². The number of hydrogen-bond donors (Lipinski definition) is 0. The summed E-state index contributed by atoms with van der Waals surface area (Å²) in [4.78, 5) is 7.21. The number of benzene rings is 1. The van der Waals surface area contributed by atoms with Crippen molar-refractivity contribution >= 4 is 16.6 Å². The van der Waals surface area contributed by atoms with Gasteiger partial charge in [0.15, 0.2) is 0 Å². The number of anilines is 1. The van der Waals surface area contributed by atoms with E-state index in [1.807, 2.05) is 0 Å². The molecule has 4 rings (SSSR count). The molecule has 1 aromatic heterocycles. The van der Waals surface area contributed by atoms with Gasteiger partial charge in [-0.1, -0.05) is 18.2 Å². The third-order valence-electron chi connectivity index (χ3n) is 4.19. The summed E-state index contributed by atoms with van der Waals surface area (Å²) in [5.41, 5.74) is 4.06. The number of fused-ring (bicyclic) bond motifs is 5. The molecule has 2 nitrogen and oxygen atoms in total. The molecular weight excluding hydrogens is 208 g/mol. The van der Waals surface area contributed by atoms with Crippen molar-refractivity contribution in [2.75, 3.05) is 11.4 Å². The molecule has 2 aliphatic rings.